The average Bonchev–Trinajstić information content (AvgIpc) is 2.67. The fourth-order valence-electron chi connectivity index (χ4n) is 2.34. The molecule has 10 heteroatoms. The number of anilines is 2. The van der Waals surface area contributed by atoms with Gasteiger partial charge in [-0.05, 0) is 43.7 Å². The van der Waals surface area contributed by atoms with Gasteiger partial charge in [0.25, 0.3) is 0 Å². The lowest BCUT2D eigenvalue weighted by Crippen LogP contribution is -2.33. The van der Waals surface area contributed by atoms with Crippen LogP contribution in [0, 0.1) is 6.92 Å². The van der Waals surface area contributed by atoms with Crippen LogP contribution in [-0.2, 0) is 20.6 Å². The Hall–Kier alpha value is -3.69. The number of aryl methyl sites for hydroxylation is 1. The van der Waals surface area contributed by atoms with Crippen molar-refractivity contribution in [1.82, 2.24) is 5.43 Å². The number of benzene rings is 2. The van der Waals surface area contributed by atoms with Gasteiger partial charge in [0.15, 0.2) is 0 Å². The van der Waals surface area contributed by atoms with Crippen LogP contribution in [0.5, 0.6) is 0 Å². The largest absolute Gasteiger partial charge is 0.416 e. The van der Waals surface area contributed by atoms with E-state index in [0.29, 0.717) is 5.69 Å². The van der Waals surface area contributed by atoms with E-state index in [9.17, 15) is 27.6 Å². The second-order valence-electron chi connectivity index (χ2n) is 6.36. The average molecular weight is 420 g/mol. The summed E-state index contributed by atoms with van der Waals surface area (Å²) < 4.78 is 38.1. The third-order valence-electron chi connectivity index (χ3n) is 3.84. The van der Waals surface area contributed by atoms with E-state index in [0.717, 1.165) is 17.7 Å². The summed E-state index contributed by atoms with van der Waals surface area (Å²) in [5.41, 5.74) is 2.50. The lowest BCUT2D eigenvalue weighted by Gasteiger charge is -2.10. The number of hydrogen-bond donors (Lipinski definition) is 3. The highest BCUT2D eigenvalue weighted by atomic mass is 19.4. The highest BCUT2D eigenvalue weighted by molar-refractivity contribution is 6.39. The Morgan fingerprint density at radius 2 is 1.67 bits per heavy atom. The Kier molecular flexibility index (Phi) is 7.29. The van der Waals surface area contributed by atoms with E-state index in [1.807, 2.05) is 5.43 Å². The smallest absolute Gasteiger partial charge is 0.326 e. The van der Waals surface area contributed by atoms with E-state index < -0.39 is 29.5 Å². The van der Waals surface area contributed by atoms with Crippen LogP contribution in [-0.4, -0.2) is 23.4 Å². The number of hydrogen-bond acceptors (Lipinski definition) is 4. The normalized spacial score (nSPS) is 11.6. The molecule has 0 bridgehead atoms. The lowest BCUT2D eigenvalue weighted by atomic mass is 10.2. The van der Waals surface area contributed by atoms with Gasteiger partial charge in [0.1, 0.15) is 0 Å². The van der Waals surface area contributed by atoms with Crippen molar-refractivity contribution in [2.24, 2.45) is 5.10 Å². The van der Waals surface area contributed by atoms with Crippen molar-refractivity contribution in [3.8, 4) is 0 Å². The van der Waals surface area contributed by atoms with Crippen molar-refractivity contribution in [2.45, 2.75) is 26.4 Å². The van der Waals surface area contributed by atoms with Crippen LogP contribution in [0.2, 0.25) is 0 Å². The summed E-state index contributed by atoms with van der Waals surface area (Å²) in [5, 5.41) is 8.42. The molecule has 30 heavy (non-hydrogen) atoms. The third-order valence-corrected chi connectivity index (χ3v) is 3.84. The molecule has 0 unspecified atom stereocenters. The molecule has 2 aromatic rings. The molecule has 0 radical (unpaired) electrons. The number of alkyl halides is 3. The van der Waals surface area contributed by atoms with E-state index >= 15 is 0 Å². The Morgan fingerprint density at radius 3 is 2.33 bits per heavy atom. The Balaban J connectivity index is 1.88. The maximum atomic E-state index is 12.7. The SMILES string of the molecule is C/C(CC(=O)Nc1cccc(C(F)(F)F)c1)=N/NC(=O)C(=O)Nc1ccccc1C. The third kappa shape index (κ3) is 6.73. The van der Waals surface area contributed by atoms with Gasteiger partial charge >= 0.3 is 18.0 Å². The molecule has 3 amide bonds. The fraction of sp³-hybridized carbons (Fsp3) is 0.200. The van der Waals surface area contributed by atoms with E-state index in [1.165, 1.54) is 19.1 Å². The number of amides is 3. The van der Waals surface area contributed by atoms with Gasteiger partial charge in [-0.25, -0.2) is 5.43 Å². The number of carbonyl (C=O) groups excluding carboxylic acids is 3. The molecule has 158 valence electrons. The van der Waals surface area contributed by atoms with Crippen molar-refractivity contribution in [1.29, 1.82) is 0 Å². The summed E-state index contributed by atoms with van der Waals surface area (Å²) in [5.74, 6) is -2.60. The van der Waals surface area contributed by atoms with Gasteiger partial charge in [-0.3, -0.25) is 14.4 Å². The van der Waals surface area contributed by atoms with Crippen LogP contribution in [0.1, 0.15) is 24.5 Å². The molecule has 0 aliphatic rings. The van der Waals surface area contributed by atoms with Gasteiger partial charge < -0.3 is 10.6 Å². The molecule has 0 aliphatic heterocycles. The van der Waals surface area contributed by atoms with Crippen molar-refractivity contribution in [2.75, 3.05) is 10.6 Å². The minimum atomic E-state index is -4.53. The molecule has 0 saturated carbocycles. The number of para-hydroxylation sites is 1. The highest BCUT2D eigenvalue weighted by Gasteiger charge is 2.30. The number of nitrogens with zero attached hydrogens (tertiary/aromatic N) is 1. The fourth-order valence-corrected chi connectivity index (χ4v) is 2.34. The second-order valence-corrected chi connectivity index (χ2v) is 6.36. The summed E-state index contributed by atoms with van der Waals surface area (Å²) in [6.45, 7) is 3.18. The van der Waals surface area contributed by atoms with Crippen molar-refractivity contribution >= 4 is 34.8 Å². The highest BCUT2D eigenvalue weighted by Crippen LogP contribution is 2.30. The molecule has 0 aliphatic carbocycles. The van der Waals surface area contributed by atoms with Crippen LogP contribution < -0.4 is 16.1 Å². The summed E-state index contributed by atoms with van der Waals surface area (Å²) >= 11 is 0. The van der Waals surface area contributed by atoms with Crippen LogP contribution in [0.3, 0.4) is 0 Å². The van der Waals surface area contributed by atoms with E-state index in [1.54, 1.807) is 31.2 Å². The molecule has 0 fully saturated rings. The van der Waals surface area contributed by atoms with Crippen molar-refractivity contribution < 1.29 is 27.6 Å². The molecule has 2 rings (SSSR count). The zero-order valence-corrected chi connectivity index (χ0v) is 16.1. The monoisotopic (exact) mass is 420 g/mol. The molecule has 0 atom stereocenters. The zero-order valence-electron chi connectivity index (χ0n) is 16.1. The maximum Gasteiger partial charge on any atom is 0.416 e. The summed E-state index contributed by atoms with van der Waals surface area (Å²) in [4.78, 5) is 35.7. The molecular formula is C20H19F3N4O3. The second kappa shape index (κ2) is 9.68. The molecule has 7 nitrogen and oxygen atoms in total. The summed E-state index contributed by atoms with van der Waals surface area (Å²) in [6, 6.07) is 11.1. The molecule has 0 heterocycles. The van der Waals surface area contributed by atoms with Gasteiger partial charge in [-0.2, -0.15) is 18.3 Å². The van der Waals surface area contributed by atoms with E-state index in [2.05, 4.69) is 15.7 Å². The van der Waals surface area contributed by atoms with Gasteiger partial charge in [0.05, 0.1) is 12.0 Å². The van der Waals surface area contributed by atoms with E-state index in [4.69, 9.17) is 0 Å². The summed E-state index contributed by atoms with van der Waals surface area (Å²) in [6.07, 6.45) is -4.82. The first-order chi connectivity index (χ1) is 14.1. The number of halogens is 3. The minimum absolute atomic E-state index is 0.0238. The summed E-state index contributed by atoms with van der Waals surface area (Å²) in [7, 11) is 0. The van der Waals surface area contributed by atoms with Gasteiger partial charge in [0.2, 0.25) is 5.91 Å². The zero-order chi connectivity index (χ0) is 22.3. The minimum Gasteiger partial charge on any atom is -0.326 e. The van der Waals surface area contributed by atoms with Crippen molar-refractivity contribution in [3.05, 3.63) is 59.7 Å². The predicted molar refractivity (Wildman–Crippen MR) is 106 cm³/mol. The van der Waals surface area contributed by atoms with Gasteiger partial charge in [-0.15, -0.1) is 0 Å². The van der Waals surface area contributed by atoms with Crippen LogP contribution in [0.15, 0.2) is 53.6 Å². The first-order valence-electron chi connectivity index (χ1n) is 8.73. The quantitative estimate of drug-likeness (QED) is 0.392. The van der Waals surface area contributed by atoms with Crippen LogP contribution in [0.4, 0.5) is 24.5 Å². The number of rotatable bonds is 5. The standard InChI is InChI=1S/C20H19F3N4O3/c1-12-6-3-4-9-16(12)25-18(29)19(30)27-26-13(2)10-17(28)24-15-8-5-7-14(11-15)20(21,22)23/h3-9,11H,10H2,1-2H3,(H,24,28)(H,25,29)(H,27,30)/b26-13-. The predicted octanol–water partition coefficient (Wildman–Crippen LogP) is 3.47. The Labute approximate surface area is 170 Å². The van der Waals surface area contributed by atoms with E-state index in [-0.39, 0.29) is 17.8 Å². The molecule has 0 saturated heterocycles. The van der Waals surface area contributed by atoms with Gasteiger partial charge in [-0.1, -0.05) is 24.3 Å². The first kappa shape index (κ1) is 22.6. The lowest BCUT2D eigenvalue weighted by molar-refractivity contribution is -0.137. The first-order valence-corrected chi connectivity index (χ1v) is 8.73. The Morgan fingerprint density at radius 1 is 0.967 bits per heavy atom. The molecular weight excluding hydrogens is 401 g/mol. The molecule has 3 N–H and O–H groups in total. The van der Waals surface area contributed by atoms with Gasteiger partial charge in [0, 0.05) is 17.1 Å². The molecule has 2 aromatic carbocycles. The number of hydrazone groups is 1. The number of nitrogens with one attached hydrogen (secondary N) is 3. The molecule has 0 aromatic heterocycles. The molecule has 0 spiro atoms. The van der Waals surface area contributed by atoms with Crippen molar-refractivity contribution in [3.63, 3.8) is 0 Å². The van der Waals surface area contributed by atoms with Crippen LogP contribution in [0.25, 0.3) is 0 Å². The Bertz CT molecular complexity index is 987. The topological polar surface area (TPSA) is 99.7 Å². The van der Waals surface area contributed by atoms with Crippen LogP contribution >= 0.6 is 0 Å². The number of carbonyl (C=O) groups is 3. The maximum absolute atomic E-state index is 12.7.